The summed E-state index contributed by atoms with van der Waals surface area (Å²) in [5, 5.41) is 12.0. The summed E-state index contributed by atoms with van der Waals surface area (Å²) >= 11 is 3.37. The molecule has 3 nitrogen and oxygen atoms in total. The van der Waals surface area contributed by atoms with Gasteiger partial charge in [-0.25, -0.2) is 13.8 Å². The molecule has 2 aromatic rings. The fourth-order valence-corrected chi connectivity index (χ4v) is 7.38. The molecule has 2 heterocycles. The number of nitrogens with zero attached hydrogens (tertiary/aromatic N) is 2. The van der Waals surface area contributed by atoms with Crippen LogP contribution in [-0.4, -0.2) is 24.8 Å². The maximum atomic E-state index is 14.8. The molecule has 0 spiro atoms. The third kappa shape index (κ3) is 4.32. The molecule has 1 fully saturated rings. The Morgan fingerprint density at radius 2 is 2.23 bits per heavy atom. The maximum Gasteiger partial charge on any atom is 0.134 e. The molecule has 1 N–H and O–H groups in total. The number of fused-ring (bicyclic) bond motifs is 1. The van der Waals surface area contributed by atoms with Gasteiger partial charge in [0.05, 0.1) is 0 Å². The third-order valence-electron chi connectivity index (χ3n) is 6.37. The molecule has 7 heteroatoms. The highest BCUT2D eigenvalue weighted by molar-refractivity contribution is 7.99. The van der Waals surface area contributed by atoms with E-state index in [2.05, 4.69) is 35.2 Å². The summed E-state index contributed by atoms with van der Waals surface area (Å²) in [6, 6.07) is 4.71. The van der Waals surface area contributed by atoms with Crippen molar-refractivity contribution in [3.05, 3.63) is 69.1 Å². The molecule has 1 saturated heterocycles. The standard InChI is InChI=1S/C24H29F2N3S2/c1-16-12-20(25)13-19(23(16)26)15-31-24(9-4-7-22-21(24)8-11-30-22)29(27-3)17(2)18-6-5-10-28-14-18/h8,11-13,18,28H,2-7,9-10,14-15H2,1H3. The number of hydrogen-bond donors (Lipinski definition) is 1. The van der Waals surface area contributed by atoms with Gasteiger partial charge in [-0.15, -0.1) is 23.1 Å². The first-order valence-corrected chi connectivity index (χ1v) is 12.6. The van der Waals surface area contributed by atoms with Crippen LogP contribution in [0.4, 0.5) is 8.78 Å². The molecule has 1 aromatic carbocycles. The second kappa shape index (κ2) is 9.43. The van der Waals surface area contributed by atoms with E-state index >= 15 is 0 Å². The Balaban J connectivity index is 1.71. The van der Waals surface area contributed by atoms with Crippen LogP contribution in [0.3, 0.4) is 0 Å². The largest absolute Gasteiger partial charge is 0.316 e. The molecule has 1 aliphatic carbocycles. The van der Waals surface area contributed by atoms with Crippen LogP contribution in [0.25, 0.3) is 0 Å². The number of rotatable bonds is 7. The van der Waals surface area contributed by atoms with E-state index in [1.165, 1.54) is 22.6 Å². The number of piperidine rings is 1. The van der Waals surface area contributed by atoms with Gasteiger partial charge in [-0.1, -0.05) is 6.58 Å². The van der Waals surface area contributed by atoms with Crippen molar-refractivity contribution in [1.29, 1.82) is 0 Å². The Morgan fingerprint density at radius 3 is 2.97 bits per heavy atom. The van der Waals surface area contributed by atoms with Gasteiger partial charge >= 0.3 is 0 Å². The number of halogens is 2. The van der Waals surface area contributed by atoms with Crippen molar-refractivity contribution in [2.75, 3.05) is 13.1 Å². The molecular weight excluding hydrogens is 432 g/mol. The molecule has 2 unspecified atom stereocenters. The molecular formula is C24H29F2N3S2. The quantitative estimate of drug-likeness (QED) is 0.303. The van der Waals surface area contributed by atoms with Crippen molar-refractivity contribution in [2.24, 2.45) is 11.0 Å². The summed E-state index contributed by atoms with van der Waals surface area (Å²) in [4.78, 5) is 0.814. The van der Waals surface area contributed by atoms with Crippen LogP contribution in [0.1, 0.15) is 47.3 Å². The number of aryl methyl sites for hydroxylation is 2. The van der Waals surface area contributed by atoms with Crippen LogP contribution >= 0.6 is 23.1 Å². The SMILES string of the molecule is C=NN(C(=C)C1CCCNC1)C1(SCc2cc(F)cc(C)c2F)CCCc2sccc21. The van der Waals surface area contributed by atoms with Crippen molar-refractivity contribution in [1.82, 2.24) is 10.3 Å². The van der Waals surface area contributed by atoms with E-state index in [1.54, 1.807) is 30.0 Å². The molecule has 1 aliphatic heterocycles. The van der Waals surface area contributed by atoms with Gasteiger partial charge in [0.25, 0.3) is 0 Å². The van der Waals surface area contributed by atoms with E-state index < -0.39 is 10.7 Å². The lowest BCUT2D eigenvalue weighted by Gasteiger charge is -2.46. The zero-order valence-corrected chi connectivity index (χ0v) is 19.6. The molecule has 0 saturated carbocycles. The highest BCUT2D eigenvalue weighted by Crippen LogP contribution is 2.53. The smallest absolute Gasteiger partial charge is 0.134 e. The van der Waals surface area contributed by atoms with Crippen molar-refractivity contribution >= 4 is 29.8 Å². The predicted molar refractivity (Wildman–Crippen MR) is 127 cm³/mol. The first kappa shape index (κ1) is 22.5. The van der Waals surface area contributed by atoms with Crippen LogP contribution in [0, 0.1) is 24.5 Å². The molecule has 1 aromatic heterocycles. The Bertz CT molecular complexity index is 968. The van der Waals surface area contributed by atoms with E-state index in [1.807, 2.05) is 5.01 Å². The predicted octanol–water partition coefficient (Wildman–Crippen LogP) is 6.19. The third-order valence-corrected chi connectivity index (χ3v) is 8.88. The number of thiophene rings is 1. The minimum Gasteiger partial charge on any atom is -0.316 e. The van der Waals surface area contributed by atoms with Crippen LogP contribution in [0.5, 0.6) is 0 Å². The Kier molecular flexibility index (Phi) is 6.84. The minimum atomic E-state index is -0.517. The second-order valence-electron chi connectivity index (χ2n) is 8.37. The first-order chi connectivity index (χ1) is 15.0. The number of hydrazone groups is 1. The normalized spacial score (nSPS) is 23.3. The van der Waals surface area contributed by atoms with E-state index in [9.17, 15) is 8.78 Å². The lowest BCUT2D eigenvalue weighted by atomic mass is 9.90. The molecule has 2 atom stereocenters. The fourth-order valence-electron chi connectivity index (χ4n) is 4.78. The summed E-state index contributed by atoms with van der Waals surface area (Å²) in [6.07, 6.45) is 5.06. The Morgan fingerprint density at radius 1 is 1.39 bits per heavy atom. The lowest BCUT2D eigenvalue weighted by molar-refractivity contribution is 0.177. The van der Waals surface area contributed by atoms with Crippen molar-refractivity contribution < 1.29 is 8.78 Å². The number of benzene rings is 1. The van der Waals surface area contributed by atoms with Crippen LogP contribution in [0.2, 0.25) is 0 Å². The molecule has 2 aliphatic rings. The monoisotopic (exact) mass is 461 g/mol. The lowest BCUT2D eigenvalue weighted by Crippen LogP contribution is -2.45. The van der Waals surface area contributed by atoms with Crippen molar-refractivity contribution in [2.45, 2.75) is 49.7 Å². The highest BCUT2D eigenvalue weighted by Gasteiger charge is 2.45. The number of thioether (sulfide) groups is 1. The molecule has 0 radical (unpaired) electrons. The summed E-state index contributed by atoms with van der Waals surface area (Å²) in [7, 11) is 0. The molecule has 166 valence electrons. The average Bonchev–Trinajstić information content (AvgIpc) is 3.26. The fraction of sp³-hybridized carbons (Fsp3) is 0.458. The number of hydrogen-bond acceptors (Lipinski definition) is 5. The minimum absolute atomic E-state index is 0.286. The molecule has 31 heavy (non-hydrogen) atoms. The molecule has 0 amide bonds. The zero-order chi connectivity index (χ0) is 22.0. The Labute approximate surface area is 191 Å². The topological polar surface area (TPSA) is 27.6 Å². The van der Waals surface area contributed by atoms with E-state index in [0.29, 0.717) is 16.9 Å². The maximum absolute atomic E-state index is 14.8. The average molecular weight is 462 g/mol. The van der Waals surface area contributed by atoms with Gasteiger partial charge in [0.1, 0.15) is 16.5 Å². The zero-order valence-electron chi connectivity index (χ0n) is 17.9. The van der Waals surface area contributed by atoms with Gasteiger partial charge in [-0.3, -0.25) is 0 Å². The summed E-state index contributed by atoms with van der Waals surface area (Å²) < 4.78 is 28.8. The van der Waals surface area contributed by atoms with Gasteiger partial charge < -0.3 is 5.32 Å². The van der Waals surface area contributed by atoms with Gasteiger partial charge in [0.2, 0.25) is 0 Å². The Hall–Kier alpha value is -1.70. The van der Waals surface area contributed by atoms with Gasteiger partial charge in [-0.2, -0.15) is 5.10 Å². The van der Waals surface area contributed by atoms with E-state index in [-0.39, 0.29) is 11.7 Å². The van der Waals surface area contributed by atoms with E-state index in [4.69, 9.17) is 0 Å². The highest BCUT2D eigenvalue weighted by atomic mass is 32.2. The van der Waals surface area contributed by atoms with Gasteiger partial charge in [0.15, 0.2) is 0 Å². The van der Waals surface area contributed by atoms with Crippen molar-refractivity contribution in [3.63, 3.8) is 0 Å². The molecule has 0 bridgehead atoms. The van der Waals surface area contributed by atoms with E-state index in [0.717, 1.165) is 50.9 Å². The van der Waals surface area contributed by atoms with Crippen LogP contribution in [-0.2, 0) is 17.0 Å². The first-order valence-electron chi connectivity index (χ1n) is 10.8. The second-order valence-corrected chi connectivity index (χ2v) is 10.6. The van der Waals surface area contributed by atoms with Crippen LogP contribution in [0.15, 0.2) is 41.0 Å². The van der Waals surface area contributed by atoms with Gasteiger partial charge in [0, 0.05) is 46.6 Å². The summed E-state index contributed by atoms with van der Waals surface area (Å²) in [5.74, 6) is -0.102. The van der Waals surface area contributed by atoms with Crippen LogP contribution < -0.4 is 5.32 Å². The van der Waals surface area contributed by atoms with Crippen molar-refractivity contribution in [3.8, 4) is 0 Å². The summed E-state index contributed by atoms with van der Waals surface area (Å²) in [5.41, 5.74) is 2.88. The van der Waals surface area contributed by atoms with Gasteiger partial charge in [-0.05, 0) is 74.7 Å². The molecule has 4 rings (SSSR count). The summed E-state index contributed by atoms with van der Waals surface area (Å²) in [6.45, 7) is 11.8. The number of nitrogens with one attached hydrogen (secondary N) is 1.